The molecule has 0 aromatic carbocycles. The van der Waals surface area contributed by atoms with Gasteiger partial charge in [-0.05, 0) is 110 Å². The molecular weight excluding hydrogens is 583 g/mol. The molecule has 42 heavy (non-hydrogen) atoms. The first-order valence-corrected chi connectivity index (χ1v) is 18.4. The van der Waals surface area contributed by atoms with E-state index < -0.39 is 0 Å². The highest BCUT2D eigenvalue weighted by Gasteiger charge is 2.44. The summed E-state index contributed by atoms with van der Waals surface area (Å²) in [4.78, 5) is 0. The Kier molecular flexibility index (Phi) is 22.5. The highest BCUT2D eigenvalue weighted by Crippen LogP contribution is 2.53. The van der Waals surface area contributed by atoms with Crippen molar-refractivity contribution in [2.45, 2.75) is 68.2 Å². The topological polar surface area (TPSA) is 0 Å². The van der Waals surface area contributed by atoms with Crippen LogP contribution >= 0.6 is 17.9 Å². The van der Waals surface area contributed by atoms with Gasteiger partial charge in [0, 0.05) is 22.4 Å². The Morgan fingerprint density at radius 3 is 1.74 bits per heavy atom. The van der Waals surface area contributed by atoms with Gasteiger partial charge < -0.3 is 0 Å². The summed E-state index contributed by atoms with van der Waals surface area (Å²) in [7, 11) is 4.67. The summed E-state index contributed by atoms with van der Waals surface area (Å²) in [6.07, 6.45) is 35.7. The third kappa shape index (κ3) is 9.36. The van der Waals surface area contributed by atoms with Crippen LogP contribution in [0.3, 0.4) is 0 Å². The maximum Gasteiger partial charge on any atom is 0 e. The van der Waals surface area contributed by atoms with E-state index in [4.69, 9.17) is 0 Å². The molecule has 0 nitrogen and oxygen atoms in total. The van der Waals surface area contributed by atoms with Gasteiger partial charge in [0.05, 0.1) is 0 Å². The molecule has 0 aromatic rings. The summed E-state index contributed by atoms with van der Waals surface area (Å²) in [6.45, 7) is 16.2. The van der Waals surface area contributed by atoms with Crippen molar-refractivity contribution < 1.29 is 0 Å². The minimum Gasteiger partial charge on any atom is -0.118 e. The molecule has 6 aliphatic carbocycles. The second-order valence-electron chi connectivity index (χ2n) is 11.7. The van der Waals surface area contributed by atoms with Crippen LogP contribution in [0.25, 0.3) is 0 Å². The quantitative estimate of drug-likeness (QED) is 0.199. The summed E-state index contributed by atoms with van der Waals surface area (Å²) in [5.74, 6) is 9.09. The fourth-order valence-corrected chi connectivity index (χ4v) is 8.59. The molecule has 3 saturated carbocycles. The molecule has 0 amide bonds. The third-order valence-electron chi connectivity index (χ3n) is 10.3. The number of hydrogen-bond donors (Lipinski definition) is 0. The lowest BCUT2D eigenvalue weighted by Gasteiger charge is -2.21. The Morgan fingerprint density at radius 2 is 1.17 bits per heavy atom. The first-order valence-electron chi connectivity index (χ1n) is 14.4. The third-order valence-corrected chi connectivity index (χ3v) is 10.3. The fourth-order valence-electron chi connectivity index (χ4n) is 8.59. The average Bonchev–Trinajstić information content (AvgIpc) is 3.80. The van der Waals surface area contributed by atoms with Crippen LogP contribution in [0.5, 0.6) is 0 Å². The number of hydrogen-bond acceptors (Lipinski definition) is 2. The maximum atomic E-state index is 4.13. The Hall–Kier alpha value is -0.780. The van der Waals surface area contributed by atoms with Crippen LogP contribution in [0.15, 0.2) is 99.2 Å². The second-order valence-corrected chi connectivity index (χ2v) is 11.7. The normalized spacial score (nSPS) is 38.2. The molecule has 238 valence electrons. The smallest absolute Gasteiger partial charge is 0 e. The van der Waals surface area contributed by atoms with Crippen LogP contribution in [0.1, 0.15) is 68.2 Å². The van der Waals surface area contributed by atoms with Gasteiger partial charge in [-0.2, -0.15) is 0 Å². The predicted octanol–water partition coefficient (Wildman–Crippen LogP) is 11.9. The summed E-state index contributed by atoms with van der Waals surface area (Å²) in [5, 5.41) is 0. The first-order chi connectivity index (χ1) is 18.7. The van der Waals surface area contributed by atoms with Crippen LogP contribution in [0.2, 0.25) is 0 Å². The van der Waals surface area contributed by atoms with Gasteiger partial charge in [0.1, 0.15) is 0 Å². The lowest BCUT2D eigenvalue weighted by atomic mass is 9.83. The molecule has 0 saturated heterocycles. The molecule has 0 radical (unpaired) electrons. The van der Waals surface area contributed by atoms with Crippen molar-refractivity contribution in [3.05, 3.63) is 99.2 Å². The van der Waals surface area contributed by atoms with Gasteiger partial charge in [0.2, 0.25) is 0 Å². The highest BCUT2D eigenvalue weighted by molar-refractivity contribution is 8.07. The van der Waals surface area contributed by atoms with Gasteiger partial charge in [0.25, 0.3) is 0 Å². The zero-order valence-electron chi connectivity index (χ0n) is 22.9. The van der Waals surface area contributed by atoms with Crippen LogP contribution in [-0.2, 0) is 22.4 Å². The Labute approximate surface area is 277 Å². The van der Waals surface area contributed by atoms with Crippen LogP contribution in [0, 0.1) is 71.0 Å². The van der Waals surface area contributed by atoms with Crippen LogP contribution in [-0.4, -0.2) is 0 Å². The van der Waals surface area contributed by atoms with Crippen molar-refractivity contribution in [3.63, 3.8) is 0 Å². The zero-order chi connectivity index (χ0) is 27.7. The second kappa shape index (κ2) is 21.8. The lowest BCUT2D eigenvalue weighted by molar-refractivity contribution is 0.386. The molecule has 14 unspecified atom stereocenters. The Balaban J connectivity index is 0. The predicted molar refractivity (Wildman–Crippen MR) is 208 cm³/mol. The van der Waals surface area contributed by atoms with Gasteiger partial charge in [-0.3, -0.25) is 0 Å². The van der Waals surface area contributed by atoms with E-state index in [1.165, 1.54) is 32.1 Å². The Bertz CT molecular complexity index is 933. The van der Waals surface area contributed by atoms with E-state index in [0.717, 1.165) is 41.9 Å². The van der Waals surface area contributed by atoms with Gasteiger partial charge in [-0.15, -0.1) is 44.2 Å². The van der Waals surface area contributed by atoms with Crippen LogP contribution in [0.4, 0.5) is 0 Å². The van der Waals surface area contributed by atoms with Gasteiger partial charge in [-0.1, -0.05) is 103 Å². The number of allylic oxidation sites excluding steroid dienone is 12. The van der Waals surface area contributed by atoms with Crippen LogP contribution < -0.4 is 0 Å². The van der Waals surface area contributed by atoms with Crippen molar-refractivity contribution in [2.75, 3.05) is 0 Å². The molecule has 4 heteroatoms. The SMILES string of the molecule is C.C.C.C.C1=CC2C3C=CC(C3)C2C1.C=CCC1C(C=C)CC(/C=C\C2CC(C=C)C3C=CCC23)C1C=C.PP.S=S. The maximum absolute atomic E-state index is 4.13. The number of rotatable bonds is 7. The van der Waals surface area contributed by atoms with Gasteiger partial charge in [0.15, 0.2) is 0 Å². The summed E-state index contributed by atoms with van der Waals surface area (Å²) >= 11 is 7.33. The van der Waals surface area contributed by atoms with E-state index in [9.17, 15) is 0 Å². The van der Waals surface area contributed by atoms with Crippen molar-refractivity contribution in [2.24, 2.45) is 71.0 Å². The largest absolute Gasteiger partial charge is 0.118 e. The standard InChI is InChI=1S/C24H32.C10H12.4CH4.H4P2.S2/c1-5-10-22-17(6-2)15-19(21(22)8-4)13-14-20-16-18(7-3)23-11-9-12-24(20)23;1-2-9-7-4-5-8(6-7)10(9)3-1;;;;;2*1-2/h5-9,11,13-14,17-24H,1-4,10,12,15-16H2;1-2,4-5,7-10H,3,6H2;4*1H4;1-2H2;/b14-13-;;;;;;;. The minimum atomic E-state index is 0. The molecule has 0 aliphatic heterocycles. The van der Waals surface area contributed by atoms with Crippen molar-refractivity contribution in [3.8, 4) is 0 Å². The van der Waals surface area contributed by atoms with Gasteiger partial charge >= 0.3 is 0 Å². The van der Waals surface area contributed by atoms with E-state index in [0.29, 0.717) is 35.5 Å². The summed E-state index contributed by atoms with van der Waals surface area (Å²) < 4.78 is 0. The van der Waals surface area contributed by atoms with E-state index in [1.54, 1.807) is 0 Å². The van der Waals surface area contributed by atoms with E-state index in [-0.39, 0.29) is 29.7 Å². The molecule has 2 bridgehead atoms. The van der Waals surface area contributed by atoms with E-state index >= 15 is 0 Å². The zero-order valence-corrected chi connectivity index (χ0v) is 26.8. The molecule has 0 spiro atoms. The molecule has 0 N–H and O–H groups in total. The van der Waals surface area contributed by atoms with Crippen molar-refractivity contribution in [1.29, 1.82) is 0 Å². The molecule has 3 fully saturated rings. The highest BCUT2D eigenvalue weighted by atomic mass is 32.8. The lowest BCUT2D eigenvalue weighted by Crippen LogP contribution is -2.14. The molecule has 6 rings (SSSR count). The molecule has 6 aliphatic rings. The van der Waals surface area contributed by atoms with Crippen molar-refractivity contribution >= 4 is 40.2 Å². The molecule has 0 heterocycles. The summed E-state index contributed by atoms with van der Waals surface area (Å²) in [6, 6.07) is 0. The van der Waals surface area contributed by atoms with E-state index in [2.05, 4.69) is 139 Å². The first kappa shape index (κ1) is 43.3. The van der Waals surface area contributed by atoms with E-state index in [1.807, 2.05) is 0 Å². The summed E-state index contributed by atoms with van der Waals surface area (Å²) in [5.41, 5.74) is 0. The molecular formula is C38H64P2S2. The van der Waals surface area contributed by atoms with Crippen molar-refractivity contribution in [1.82, 2.24) is 0 Å². The number of fused-ring (bicyclic) bond motifs is 6. The average molecular weight is 647 g/mol. The monoisotopic (exact) mass is 646 g/mol. The fraction of sp³-hybridized carbons (Fsp3) is 0.579. The minimum absolute atomic E-state index is 0. The van der Waals surface area contributed by atoms with Gasteiger partial charge in [-0.25, -0.2) is 0 Å². The molecule has 0 aromatic heterocycles. The Morgan fingerprint density at radius 1 is 0.619 bits per heavy atom. The molecule has 14 atom stereocenters.